The Hall–Kier alpha value is -1.96. The lowest BCUT2D eigenvalue weighted by Crippen LogP contribution is -2.35. The van der Waals surface area contributed by atoms with Gasteiger partial charge in [0, 0.05) is 32.9 Å². The van der Waals surface area contributed by atoms with Gasteiger partial charge in [-0.15, -0.1) is 0 Å². The Bertz CT molecular complexity index is 555. The zero-order chi connectivity index (χ0) is 17.0. The molecule has 1 aromatic rings. The van der Waals surface area contributed by atoms with Gasteiger partial charge in [-0.25, -0.2) is 4.79 Å². The highest BCUT2D eigenvalue weighted by Gasteiger charge is 2.34. The molecule has 0 aliphatic carbocycles. The van der Waals surface area contributed by atoms with Crippen molar-refractivity contribution < 1.29 is 22.7 Å². The SMILES string of the molecule is CN(C)c1ccc(NC(=O)NCC2CCCO2)c(C(F)(F)F)c1. The van der Waals surface area contributed by atoms with Gasteiger partial charge in [0.2, 0.25) is 0 Å². The zero-order valence-corrected chi connectivity index (χ0v) is 13.0. The average Bonchev–Trinajstić information content (AvgIpc) is 2.97. The molecule has 1 atom stereocenters. The quantitative estimate of drug-likeness (QED) is 0.891. The number of benzene rings is 1. The van der Waals surface area contributed by atoms with Crippen molar-refractivity contribution in [1.29, 1.82) is 0 Å². The summed E-state index contributed by atoms with van der Waals surface area (Å²) in [6.07, 6.45) is -2.86. The number of ether oxygens (including phenoxy) is 1. The first-order valence-corrected chi connectivity index (χ1v) is 7.32. The number of nitrogens with one attached hydrogen (secondary N) is 2. The fourth-order valence-corrected chi connectivity index (χ4v) is 2.33. The Kier molecular flexibility index (Phi) is 5.35. The molecule has 128 valence electrons. The van der Waals surface area contributed by atoms with Crippen LogP contribution in [0.3, 0.4) is 0 Å². The van der Waals surface area contributed by atoms with Crippen molar-refractivity contribution in [2.24, 2.45) is 0 Å². The molecular weight excluding hydrogens is 311 g/mol. The van der Waals surface area contributed by atoms with Crippen LogP contribution in [0.5, 0.6) is 0 Å². The molecular formula is C15H20F3N3O2. The lowest BCUT2D eigenvalue weighted by atomic mass is 10.1. The molecule has 2 amide bonds. The number of urea groups is 1. The summed E-state index contributed by atoms with van der Waals surface area (Å²) >= 11 is 0. The Balaban J connectivity index is 2.06. The van der Waals surface area contributed by atoms with Crippen LogP contribution in [0.4, 0.5) is 29.3 Å². The van der Waals surface area contributed by atoms with E-state index in [0.29, 0.717) is 12.3 Å². The Morgan fingerprint density at radius 2 is 2.13 bits per heavy atom. The predicted molar refractivity (Wildman–Crippen MR) is 81.8 cm³/mol. The number of hydrogen-bond donors (Lipinski definition) is 2. The molecule has 1 aliphatic rings. The van der Waals surface area contributed by atoms with Crippen LogP contribution in [0, 0.1) is 0 Å². The minimum absolute atomic E-state index is 0.0704. The Morgan fingerprint density at radius 3 is 2.70 bits per heavy atom. The Morgan fingerprint density at radius 1 is 1.39 bits per heavy atom. The van der Waals surface area contributed by atoms with Crippen LogP contribution in [0.25, 0.3) is 0 Å². The fourth-order valence-electron chi connectivity index (χ4n) is 2.33. The molecule has 8 heteroatoms. The first-order valence-electron chi connectivity index (χ1n) is 7.32. The second kappa shape index (κ2) is 7.08. The first-order chi connectivity index (χ1) is 10.8. The molecule has 0 aromatic heterocycles. The molecule has 2 rings (SSSR count). The molecule has 1 unspecified atom stereocenters. The van der Waals surface area contributed by atoms with Gasteiger partial charge in [0.1, 0.15) is 0 Å². The van der Waals surface area contributed by atoms with Crippen LogP contribution >= 0.6 is 0 Å². The smallest absolute Gasteiger partial charge is 0.378 e. The van der Waals surface area contributed by atoms with Crippen LogP contribution < -0.4 is 15.5 Å². The average molecular weight is 331 g/mol. The van der Waals surface area contributed by atoms with E-state index >= 15 is 0 Å². The molecule has 0 bridgehead atoms. The first kappa shape index (κ1) is 17.4. The summed E-state index contributed by atoms with van der Waals surface area (Å²) in [6.45, 7) is 0.932. The number of nitrogens with zero attached hydrogens (tertiary/aromatic N) is 1. The highest BCUT2D eigenvalue weighted by molar-refractivity contribution is 5.90. The van der Waals surface area contributed by atoms with E-state index in [2.05, 4.69) is 10.6 Å². The molecule has 23 heavy (non-hydrogen) atoms. The van der Waals surface area contributed by atoms with E-state index in [1.54, 1.807) is 19.0 Å². The van der Waals surface area contributed by atoms with E-state index in [4.69, 9.17) is 4.74 Å². The monoisotopic (exact) mass is 331 g/mol. The van der Waals surface area contributed by atoms with Crippen LogP contribution in [0.15, 0.2) is 18.2 Å². The zero-order valence-electron chi connectivity index (χ0n) is 13.0. The van der Waals surface area contributed by atoms with Gasteiger partial charge in [-0.2, -0.15) is 13.2 Å². The van der Waals surface area contributed by atoms with Crippen molar-refractivity contribution in [2.75, 3.05) is 37.5 Å². The molecule has 1 heterocycles. The minimum Gasteiger partial charge on any atom is -0.378 e. The van der Waals surface area contributed by atoms with E-state index < -0.39 is 17.8 Å². The van der Waals surface area contributed by atoms with E-state index in [1.807, 2.05) is 0 Å². The van der Waals surface area contributed by atoms with E-state index in [0.717, 1.165) is 18.9 Å². The highest BCUT2D eigenvalue weighted by atomic mass is 19.4. The van der Waals surface area contributed by atoms with Crippen molar-refractivity contribution in [1.82, 2.24) is 5.32 Å². The van der Waals surface area contributed by atoms with Gasteiger partial charge in [-0.1, -0.05) is 0 Å². The molecule has 5 nitrogen and oxygen atoms in total. The van der Waals surface area contributed by atoms with Crippen LogP contribution in [0.2, 0.25) is 0 Å². The number of carbonyl (C=O) groups is 1. The minimum atomic E-state index is -4.55. The van der Waals surface area contributed by atoms with Crippen molar-refractivity contribution in [3.63, 3.8) is 0 Å². The number of rotatable bonds is 4. The third kappa shape index (κ3) is 4.75. The summed E-state index contributed by atoms with van der Waals surface area (Å²) in [4.78, 5) is 13.4. The van der Waals surface area contributed by atoms with E-state index in [-0.39, 0.29) is 18.3 Å². The lowest BCUT2D eigenvalue weighted by Gasteiger charge is -2.19. The van der Waals surface area contributed by atoms with E-state index in [9.17, 15) is 18.0 Å². The van der Waals surface area contributed by atoms with Gasteiger partial charge in [0.05, 0.1) is 17.4 Å². The molecule has 1 aromatic carbocycles. The van der Waals surface area contributed by atoms with Crippen molar-refractivity contribution in [3.8, 4) is 0 Å². The predicted octanol–water partition coefficient (Wildman–Crippen LogP) is 3.07. The maximum absolute atomic E-state index is 13.2. The summed E-state index contributed by atoms with van der Waals surface area (Å²) in [5.41, 5.74) is -0.744. The second-order valence-corrected chi connectivity index (χ2v) is 5.59. The third-order valence-corrected chi connectivity index (χ3v) is 3.59. The van der Waals surface area contributed by atoms with Crippen molar-refractivity contribution in [2.45, 2.75) is 25.1 Å². The van der Waals surface area contributed by atoms with E-state index in [1.165, 1.54) is 12.1 Å². The summed E-state index contributed by atoms with van der Waals surface area (Å²) in [6, 6.07) is 3.10. The molecule has 1 saturated heterocycles. The fraction of sp³-hybridized carbons (Fsp3) is 0.533. The van der Waals surface area contributed by atoms with Crippen LogP contribution in [-0.4, -0.2) is 39.4 Å². The molecule has 1 fully saturated rings. The largest absolute Gasteiger partial charge is 0.418 e. The number of hydrogen-bond acceptors (Lipinski definition) is 3. The van der Waals surface area contributed by atoms with Gasteiger partial charge in [-0.3, -0.25) is 0 Å². The number of anilines is 2. The summed E-state index contributed by atoms with van der Waals surface area (Å²) < 4.78 is 44.8. The van der Waals surface area contributed by atoms with Crippen LogP contribution in [0.1, 0.15) is 18.4 Å². The molecule has 0 spiro atoms. The number of amides is 2. The maximum atomic E-state index is 13.2. The molecule has 0 saturated carbocycles. The van der Waals surface area contributed by atoms with Crippen LogP contribution in [-0.2, 0) is 10.9 Å². The normalized spacial score (nSPS) is 17.9. The topological polar surface area (TPSA) is 53.6 Å². The molecule has 0 radical (unpaired) electrons. The summed E-state index contributed by atoms with van der Waals surface area (Å²) in [5.74, 6) is 0. The summed E-state index contributed by atoms with van der Waals surface area (Å²) in [5, 5.41) is 4.80. The maximum Gasteiger partial charge on any atom is 0.418 e. The second-order valence-electron chi connectivity index (χ2n) is 5.59. The Labute approximate surface area is 132 Å². The van der Waals surface area contributed by atoms with Gasteiger partial charge < -0.3 is 20.3 Å². The number of carbonyl (C=O) groups excluding carboxylic acids is 1. The van der Waals surface area contributed by atoms with Gasteiger partial charge in [-0.05, 0) is 31.0 Å². The lowest BCUT2D eigenvalue weighted by molar-refractivity contribution is -0.136. The standard InChI is InChI=1S/C15H20F3N3O2/c1-21(2)10-5-6-13(12(8-10)15(16,17)18)20-14(22)19-9-11-4-3-7-23-11/h5-6,8,11H,3-4,7,9H2,1-2H3,(H2,19,20,22). The van der Waals surface area contributed by atoms with Crippen molar-refractivity contribution in [3.05, 3.63) is 23.8 Å². The number of alkyl halides is 3. The van der Waals surface area contributed by atoms with Gasteiger partial charge >= 0.3 is 12.2 Å². The molecule has 1 aliphatic heterocycles. The highest BCUT2D eigenvalue weighted by Crippen LogP contribution is 2.37. The third-order valence-electron chi connectivity index (χ3n) is 3.59. The van der Waals surface area contributed by atoms with Crippen molar-refractivity contribution >= 4 is 17.4 Å². The van der Waals surface area contributed by atoms with Gasteiger partial charge in [0.25, 0.3) is 0 Å². The summed E-state index contributed by atoms with van der Waals surface area (Å²) in [7, 11) is 3.30. The number of halogens is 3. The van der Waals surface area contributed by atoms with Gasteiger partial charge in [0.15, 0.2) is 0 Å². The molecule has 2 N–H and O–H groups in total.